The Morgan fingerprint density at radius 2 is 1.67 bits per heavy atom. The molecule has 10 heteroatoms. The molecule has 0 aliphatic carbocycles. The molecule has 0 amide bonds. The molecular formula is C23H26N5O4P. The molecule has 33 heavy (non-hydrogen) atoms. The molecule has 0 bridgehead atoms. The van der Waals surface area contributed by atoms with Gasteiger partial charge >= 0.3 is 7.60 Å². The second-order valence-electron chi connectivity index (χ2n) is 7.15. The van der Waals surface area contributed by atoms with Gasteiger partial charge in [-0.3, -0.25) is 4.57 Å². The first-order valence-electron chi connectivity index (χ1n) is 10.6. The van der Waals surface area contributed by atoms with Crippen molar-refractivity contribution in [2.24, 2.45) is 0 Å². The van der Waals surface area contributed by atoms with Gasteiger partial charge in [0.15, 0.2) is 5.65 Å². The number of hydrogen-bond acceptors (Lipinski definition) is 8. The van der Waals surface area contributed by atoms with Crippen molar-refractivity contribution < 1.29 is 18.3 Å². The van der Waals surface area contributed by atoms with Crippen molar-refractivity contribution in [1.82, 2.24) is 19.7 Å². The summed E-state index contributed by atoms with van der Waals surface area (Å²) in [7, 11) is -1.51. The number of anilines is 2. The quantitative estimate of drug-likeness (QED) is 0.312. The summed E-state index contributed by atoms with van der Waals surface area (Å²) in [6.07, 6.45) is 3.68. The largest absolute Gasteiger partial charge is 0.497 e. The van der Waals surface area contributed by atoms with Gasteiger partial charge in [0.25, 0.3) is 0 Å². The summed E-state index contributed by atoms with van der Waals surface area (Å²) in [6.45, 7) is 4.28. The van der Waals surface area contributed by atoms with E-state index in [0.29, 0.717) is 24.8 Å². The molecule has 0 spiro atoms. The van der Waals surface area contributed by atoms with Gasteiger partial charge in [0.1, 0.15) is 5.75 Å². The highest BCUT2D eigenvalue weighted by Crippen LogP contribution is 2.51. The molecule has 4 rings (SSSR count). The Bertz CT molecular complexity index is 1250. The molecule has 0 aliphatic heterocycles. The van der Waals surface area contributed by atoms with E-state index in [4.69, 9.17) is 13.8 Å². The maximum atomic E-state index is 12.7. The standard InChI is InChI=1S/C23H26N5O4P/c1-4-31-33(29,32-5-2)16-17-6-8-19(9-7-17)26-23-24-14-18-15-25-28(22(18)27-23)20-10-12-21(30-3)13-11-20/h6-15H,4-5,16H2,1-3H3,(H,24,26,27). The van der Waals surface area contributed by atoms with E-state index in [-0.39, 0.29) is 6.16 Å². The molecule has 0 radical (unpaired) electrons. The third kappa shape index (κ3) is 5.39. The third-order valence-electron chi connectivity index (χ3n) is 4.86. The van der Waals surface area contributed by atoms with Crippen molar-refractivity contribution in [3.05, 3.63) is 66.5 Å². The van der Waals surface area contributed by atoms with E-state index >= 15 is 0 Å². The molecule has 2 aromatic heterocycles. The number of nitrogens with one attached hydrogen (secondary N) is 1. The molecule has 2 heterocycles. The maximum absolute atomic E-state index is 12.7. The van der Waals surface area contributed by atoms with Gasteiger partial charge in [0.05, 0.1) is 43.8 Å². The van der Waals surface area contributed by atoms with Crippen molar-refractivity contribution in [3.63, 3.8) is 0 Å². The predicted molar refractivity (Wildman–Crippen MR) is 127 cm³/mol. The lowest BCUT2D eigenvalue weighted by Gasteiger charge is -2.17. The zero-order chi connectivity index (χ0) is 23.3. The molecule has 0 atom stereocenters. The van der Waals surface area contributed by atoms with Crippen LogP contribution < -0.4 is 10.1 Å². The summed E-state index contributed by atoms with van der Waals surface area (Å²) in [6, 6.07) is 15.1. The molecule has 1 N–H and O–H groups in total. The zero-order valence-corrected chi connectivity index (χ0v) is 19.7. The van der Waals surface area contributed by atoms with Crippen molar-refractivity contribution >= 4 is 30.3 Å². The fourth-order valence-electron chi connectivity index (χ4n) is 3.36. The van der Waals surface area contributed by atoms with Crippen LogP contribution in [0.15, 0.2) is 60.9 Å². The minimum atomic E-state index is -3.15. The predicted octanol–water partition coefficient (Wildman–Crippen LogP) is 5.33. The minimum absolute atomic E-state index is 0.221. The van der Waals surface area contributed by atoms with Crippen molar-refractivity contribution in [3.8, 4) is 11.4 Å². The van der Waals surface area contributed by atoms with E-state index in [2.05, 4.69) is 20.4 Å². The topological polar surface area (TPSA) is 100 Å². The Labute approximate surface area is 192 Å². The van der Waals surface area contributed by atoms with Crippen LogP contribution in [0, 0.1) is 0 Å². The molecule has 9 nitrogen and oxygen atoms in total. The van der Waals surface area contributed by atoms with Gasteiger partial charge in [-0.05, 0) is 55.8 Å². The van der Waals surface area contributed by atoms with Crippen LogP contribution in [0.25, 0.3) is 16.7 Å². The molecule has 0 unspecified atom stereocenters. The summed E-state index contributed by atoms with van der Waals surface area (Å²) < 4.78 is 30.5. The first-order valence-corrected chi connectivity index (χ1v) is 12.4. The second kappa shape index (κ2) is 10.1. The normalized spacial score (nSPS) is 11.6. The number of methoxy groups -OCH3 is 1. The number of nitrogens with zero attached hydrogens (tertiary/aromatic N) is 4. The lowest BCUT2D eigenvalue weighted by atomic mass is 10.2. The molecule has 172 valence electrons. The summed E-state index contributed by atoms with van der Waals surface area (Å²) >= 11 is 0. The summed E-state index contributed by atoms with van der Waals surface area (Å²) in [5.41, 5.74) is 3.22. The average molecular weight is 467 g/mol. The van der Waals surface area contributed by atoms with Crippen LogP contribution in [0.3, 0.4) is 0 Å². The fourth-order valence-corrected chi connectivity index (χ4v) is 5.06. The van der Waals surface area contributed by atoms with Crippen LogP contribution in [0.4, 0.5) is 11.6 Å². The monoisotopic (exact) mass is 467 g/mol. The lowest BCUT2D eigenvalue weighted by Crippen LogP contribution is -2.02. The van der Waals surface area contributed by atoms with E-state index in [1.54, 1.807) is 38.0 Å². The van der Waals surface area contributed by atoms with Crippen molar-refractivity contribution in [2.75, 3.05) is 25.6 Å². The van der Waals surface area contributed by atoms with Crippen LogP contribution in [0.1, 0.15) is 19.4 Å². The Morgan fingerprint density at radius 1 is 0.970 bits per heavy atom. The van der Waals surface area contributed by atoms with E-state index in [0.717, 1.165) is 28.1 Å². The van der Waals surface area contributed by atoms with E-state index in [9.17, 15) is 4.57 Å². The zero-order valence-electron chi connectivity index (χ0n) is 18.8. The molecule has 0 saturated heterocycles. The Hall–Kier alpha value is -3.26. The summed E-state index contributed by atoms with van der Waals surface area (Å²) in [5, 5.41) is 8.48. The Morgan fingerprint density at radius 3 is 2.30 bits per heavy atom. The second-order valence-corrected chi connectivity index (χ2v) is 9.21. The minimum Gasteiger partial charge on any atom is -0.497 e. The molecule has 0 fully saturated rings. The van der Waals surface area contributed by atoms with Gasteiger partial charge < -0.3 is 19.1 Å². The van der Waals surface area contributed by atoms with Crippen LogP contribution in [-0.2, 0) is 19.8 Å². The van der Waals surface area contributed by atoms with Gasteiger partial charge in [-0.25, -0.2) is 9.67 Å². The fraction of sp³-hybridized carbons (Fsp3) is 0.261. The number of benzene rings is 2. The van der Waals surface area contributed by atoms with Crippen molar-refractivity contribution in [2.45, 2.75) is 20.0 Å². The van der Waals surface area contributed by atoms with Crippen LogP contribution >= 0.6 is 7.60 Å². The first kappa shape index (κ1) is 22.9. The third-order valence-corrected chi connectivity index (χ3v) is 6.92. The number of rotatable bonds is 10. The van der Waals surface area contributed by atoms with Crippen LogP contribution in [-0.4, -0.2) is 40.1 Å². The average Bonchev–Trinajstić information content (AvgIpc) is 3.24. The number of fused-ring (bicyclic) bond motifs is 1. The van der Waals surface area contributed by atoms with Crippen molar-refractivity contribution in [1.29, 1.82) is 0 Å². The molecule has 2 aromatic carbocycles. The van der Waals surface area contributed by atoms with Crippen LogP contribution in [0.5, 0.6) is 5.75 Å². The van der Waals surface area contributed by atoms with Gasteiger partial charge in [0, 0.05) is 11.9 Å². The van der Waals surface area contributed by atoms with Gasteiger partial charge in [-0.2, -0.15) is 10.1 Å². The highest BCUT2D eigenvalue weighted by Gasteiger charge is 2.23. The number of ether oxygens (including phenoxy) is 1. The summed E-state index contributed by atoms with van der Waals surface area (Å²) in [5.74, 6) is 1.22. The molecule has 0 aliphatic rings. The maximum Gasteiger partial charge on any atom is 0.335 e. The van der Waals surface area contributed by atoms with Gasteiger partial charge in [-0.15, -0.1) is 0 Å². The van der Waals surface area contributed by atoms with E-state index < -0.39 is 7.60 Å². The first-order chi connectivity index (χ1) is 16.0. The van der Waals surface area contributed by atoms with E-state index in [1.807, 2.05) is 48.5 Å². The van der Waals surface area contributed by atoms with E-state index in [1.165, 1.54) is 0 Å². The number of aromatic nitrogens is 4. The molecule has 4 aromatic rings. The van der Waals surface area contributed by atoms with Gasteiger partial charge in [-0.1, -0.05) is 12.1 Å². The Kier molecular flexibility index (Phi) is 7.03. The molecular weight excluding hydrogens is 441 g/mol. The SMILES string of the molecule is CCOP(=O)(Cc1ccc(Nc2ncc3cnn(-c4ccc(OC)cc4)c3n2)cc1)OCC. The highest BCUT2D eigenvalue weighted by atomic mass is 31.2. The highest BCUT2D eigenvalue weighted by molar-refractivity contribution is 7.53. The molecule has 0 saturated carbocycles. The Balaban J connectivity index is 1.52. The lowest BCUT2D eigenvalue weighted by molar-refractivity contribution is 0.219. The van der Waals surface area contributed by atoms with Gasteiger partial charge in [0.2, 0.25) is 5.95 Å². The summed E-state index contributed by atoms with van der Waals surface area (Å²) in [4.78, 5) is 9.03. The number of hydrogen-bond donors (Lipinski definition) is 1. The smallest absolute Gasteiger partial charge is 0.335 e. The van der Waals surface area contributed by atoms with Crippen LogP contribution in [0.2, 0.25) is 0 Å².